The average molecular weight is 315 g/mol. The van der Waals surface area contributed by atoms with Crippen molar-refractivity contribution >= 4 is 5.97 Å². The zero-order valence-electron chi connectivity index (χ0n) is 13.3. The van der Waals surface area contributed by atoms with Crippen molar-refractivity contribution in [3.05, 3.63) is 59.7 Å². The molecule has 23 heavy (non-hydrogen) atoms. The summed E-state index contributed by atoms with van der Waals surface area (Å²) in [4.78, 5) is 11.4. The highest BCUT2D eigenvalue weighted by Gasteiger charge is 2.17. The van der Waals surface area contributed by atoms with Crippen LogP contribution < -0.4 is 14.8 Å². The summed E-state index contributed by atoms with van der Waals surface area (Å²) in [6, 6.07) is 14.5. The van der Waals surface area contributed by atoms with Crippen molar-refractivity contribution in [2.75, 3.05) is 14.2 Å². The predicted molar refractivity (Wildman–Crippen MR) is 88.0 cm³/mol. The highest BCUT2D eigenvalue weighted by atomic mass is 16.5. The summed E-state index contributed by atoms with van der Waals surface area (Å²) < 4.78 is 10.5. The molecule has 2 rings (SSSR count). The van der Waals surface area contributed by atoms with E-state index < -0.39 is 12.0 Å². The van der Waals surface area contributed by atoms with Crippen LogP contribution >= 0.6 is 0 Å². The SMILES string of the molecule is COc1ccc(CN[C@H](Cc2ccccc2)C(=O)O)cc1OC. The maximum absolute atomic E-state index is 11.4. The van der Waals surface area contributed by atoms with Crippen LogP contribution in [0.2, 0.25) is 0 Å². The first-order chi connectivity index (χ1) is 11.1. The Morgan fingerprint density at radius 3 is 2.35 bits per heavy atom. The number of ether oxygens (including phenoxy) is 2. The highest BCUT2D eigenvalue weighted by Crippen LogP contribution is 2.27. The standard InChI is InChI=1S/C18H21NO4/c1-22-16-9-8-14(11-17(16)23-2)12-19-15(18(20)21)10-13-6-4-3-5-7-13/h3-9,11,15,19H,10,12H2,1-2H3,(H,20,21)/t15-/m1/s1. The van der Waals surface area contributed by atoms with E-state index in [2.05, 4.69) is 5.32 Å². The van der Waals surface area contributed by atoms with Gasteiger partial charge in [0.15, 0.2) is 11.5 Å². The van der Waals surface area contributed by atoms with Gasteiger partial charge in [-0.15, -0.1) is 0 Å². The number of carboxylic acids is 1. The van der Waals surface area contributed by atoms with Gasteiger partial charge in [0.05, 0.1) is 14.2 Å². The summed E-state index contributed by atoms with van der Waals surface area (Å²) in [5.74, 6) is 0.409. The van der Waals surface area contributed by atoms with E-state index in [-0.39, 0.29) is 0 Å². The van der Waals surface area contributed by atoms with Crippen LogP contribution in [0.5, 0.6) is 11.5 Å². The number of hydrogen-bond acceptors (Lipinski definition) is 4. The minimum Gasteiger partial charge on any atom is -0.493 e. The van der Waals surface area contributed by atoms with Crippen LogP contribution in [0.1, 0.15) is 11.1 Å². The Morgan fingerprint density at radius 2 is 1.74 bits per heavy atom. The Bertz CT molecular complexity index is 643. The average Bonchev–Trinajstić information content (AvgIpc) is 2.58. The second-order valence-corrected chi connectivity index (χ2v) is 5.15. The molecule has 0 bridgehead atoms. The Hall–Kier alpha value is -2.53. The van der Waals surface area contributed by atoms with Crippen molar-refractivity contribution in [1.29, 1.82) is 0 Å². The normalized spacial score (nSPS) is 11.7. The largest absolute Gasteiger partial charge is 0.493 e. The molecule has 5 heteroatoms. The fourth-order valence-corrected chi connectivity index (χ4v) is 2.33. The summed E-state index contributed by atoms with van der Waals surface area (Å²) in [5.41, 5.74) is 1.92. The molecule has 0 unspecified atom stereocenters. The minimum atomic E-state index is -0.866. The summed E-state index contributed by atoms with van der Waals surface area (Å²) in [7, 11) is 3.15. The van der Waals surface area contributed by atoms with Gasteiger partial charge in [0.2, 0.25) is 0 Å². The van der Waals surface area contributed by atoms with Gasteiger partial charge in [-0.1, -0.05) is 36.4 Å². The molecule has 0 aliphatic heterocycles. The quantitative estimate of drug-likeness (QED) is 0.783. The second-order valence-electron chi connectivity index (χ2n) is 5.15. The summed E-state index contributed by atoms with van der Waals surface area (Å²) in [5, 5.41) is 12.5. The van der Waals surface area contributed by atoms with Gasteiger partial charge < -0.3 is 19.9 Å². The number of aliphatic carboxylic acids is 1. The van der Waals surface area contributed by atoms with Crippen LogP contribution in [-0.2, 0) is 17.8 Å². The molecule has 2 aromatic rings. The molecule has 5 nitrogen and oxygen atoms in total. The van der Waals surface area contributed by atoms with Gasteiger partial charge in [0, 0.05) is 6.54 Å². The Labute approximate surface area is 135 Å². The molecule has 0 saturated heterocycles. The summed E-state index contributed by atoms with van der Waals surface area (Å²) in [6.45, 7) is 0.435. The first-order valence-electron chi connectivity index (χ1n) is 7.35. The van der Waals surface area contributed by atoms with E-state index in [0.717, 1.165) is 11.1 Å². The first-order valence-corrected chi connectivity index (χ1v) is 7.35. The third kappa shape index (κ3) is 4.72. The van der Waals surface area contributed by atoms with Gasteiger partial charge in [-0.25, -0.2) is 0 Å². The number of nitrogens with one attached hydrogen (secondary N) is 1. The van der Waals surface area contributed by atoms with E-state index in [4.69, 9.17) is 9.47 Å². The van der Waals surface area contributed by atoms with Crippen LogP contribution in [0.25, 0.3) is 0 Å². The Kier molecular flexibility index (Phi) is 6.00. The Balaban J connectivity index is 2.03. The topological polar surface area (TPSA) is 67.8 Å². The fourth-order valence-electron chi connectivity index (χ4n) is 2.33. The maximum Gasteiger partial charge on any atom is 0.321 e. The number of methoxy groups -OCH3 is 2. The zero-order chi connectivity index (χ0) is 16.7. The van der Waals surface area contributed by atoms with Gasteiger partial charge in [0.25, 0.3) is 0 Å². The van der Waals surface area contributed by atoms with Crippen LogP contribution in [0.15, 0.2) is 48.5 Å². The van der Waals surface area contributed by atoms with Crippen LogP contribution in [-0.4, -0.2) is 31.3 Å². The van der Waals surface area contributed by atoms with Crippen molar-refractivity contribution in [3.63, 3.8) is 0 Å². The lowest BCUT2D eigenvalue weighted by molar-refractivity contribution is -0.139. The van der Waals surface area contributed by atoms with Crippen molar-refractivity contribution in [2.24, 2.45) is 0 Å². The van der Waals surface area contributed by atoms with E-state index in [1.165, 1.54) is 0 Å². The molecule has 0 saturated carbocycles. The minimum absolute atomic E-state index is 0.434. The van der Waals surface area contributed by atoms with E-state index in [1.54, 1.807) is 14.2 Å². The Morgan fingerprint density at radius 1 is 1.04 bits per heavy atom. The number of rotatable bonds is 8. The zero-order valence-corrected chi connectivity index (χ0v) is 13.3. The van der Waals surface area contributed by atoms with Crippen molar-refractivity contribution in [3.8, 4) is 11.5 Å². The third-order valence-corrected chi connectivity index (χ3v) is 3.58. The van der Waals surface area contributed by atoms with Crippen LogP contribution in [0.4, 0.5) is 0 Å². The molecule has 0 aromatic heterocycles. The van der Waals surface area contributed by atoms with Gasteiger partial charge in [-0.2, -0.15) is 0 Å². The van der Waals surface area contributed by atoms with Gasteiger partial charge in [-0.05, 0) is 29.7 Å². The fraction of sp³-hybridized carbons (Fsp3) is 0.278. The number of carbonyl (C=O) groups is 1. The molecule has 0 aliphatic rings. The lowest BCUT2D eigenvalue weighted by Crippen LogP contribution is -2.38. The van der Waals surface area contributed by atoms with E-state index >= 15 is 0 Å². The van der Waals surface area contributed by atoms with Gasteiger partial charge >= 0.3 is 5.97 Å². The van der Waals surface area contributed by atoms with Gasteiger partial charge in [0.1, 0.15) is 6.04 Å². The molecule has 2 N–H and O–H groups in total. The molecule has 0 heterocycles. The highest BCUT2D eigenvalue weighted by molar-refractivity contribution is 5.73. The van der Waals surface area contributed by atoms with Crippen molar-refractivity contribution in [2.45, 2.75) is 19.0 Å². The second kappa shape index (κ2) is 8.19. The first kappa shape index (κ1) is 16.8. The lowest BCUT2D eigenvalue weighted by atomic mass is 10.1. The van der Waals surface area contributed by atoms with Gasteiger partial charge in [-0.3, -0.25) is 4.79 Å². The number of hydrogen-bond donors (Lipinski definition) is 2. The number of benzene rings is 2. The molecule has 122 valence electrons. The molecule has 0 spiro atoms. The smallest absolute Gasteiger partial charge is 0.321 e. The molecular weight excluding hydrogens is 294 g/mol. The molecule has 1 atom stereocenters. The molecular formula is C18H21NO4. The van der Waals surface area contributed by atoms with Crippen LogP contribution in [0.3, 0.4) is 0 Å². The molecule has 2 aromatic carbocycles. The van der Waals surface area contributed by atoms with Crippen molar-refractivity contribution < 1.29 is 19.4 Å². The molecule has 0 amide bonds. The maximum atomic E-state index is 11.4. The van der Waals surface area contributed by atoms with Crippen LogP contribution in [0, 0.1) is 0 Å². The lowest BCUT2D eigenvalue weighted by Gasteiger charge is -2.15. The predicted octanol–water partition coefficient (Wildman–Crippen LogP) is 2.49. The third-order valence-electron chi connectivity index (χ3n) is 3.58. The monoisotopic (exact) mass is 315 g/mol. The van der Waals surface area contributed by atoms with Crippen molar-refractivity contribution in [1.82, 2.24) is 5.32 Å². The summed E-state index contributed by atoms with van der Waals surface area (Å²) >= 11 is 0. The van der Waals surface area contributed by atoms with E-state index in [9.17, 15) is 9.90 Å². The van der Waals surface area contributed by atoms with E-state index in [0.29, 0.717) is 24.5 Å². The molecule has 0 radical (unpaired) electrons. The molecule has 0 aliphatic carbocycles. The van der Waals surface area contributed by atoms with E-state index in [1.807, 2.05) is 48.5 Å². The summed E-state index contributed by atoms with van der Waals surface area (Å²) in [6.07, 6.45) is 0.434. The molecule has 0 fully saturated rings. The number of carboxylic acid groups (broad SMARTS) is 1.